The molecule has 0 bridgehead atoms. The zero-order valence-electron chi connectivity index (χ0n) is 11.6. The SMILES string of the molecule is NCC(c1c(F)cccc1Cl)N1CCN(C2CC2)CC1. The summed E-state index contributed by atoms with van der Waals surface area (Å²) in [6.45, 7) is 4.36. The van der Waals surface area contributed by atoms with E-state index in [1.165, 1.54) is 18.9 Å². The number of nitrogens with two attached hydrogens (primary N) is 1. The smallest absolute Gasteiger partial charge is 0.129 e. The van der Waals surface area contributed by atoms with Crippen molar-refractivity contribution >= 4 is 11.6 Å². The first-order valence-corrected chi connectivity index (χ1v) is 7.70. The number of hydrogen-bond acceptors (Lipinski definition) is 3. The largest absolute Gasteiger partial charge is 0.329 e. The van der Waals surface area contributed by atoms with Crippen LogP contribution in [0.15, 0.2) is 18.2 Å². The summed E-state index contributed by atoms with van der Waals surface area (Å²) in [4.78, 5) is 4.80. The third-order valence-electron chi connectivity index (χ3n) is 4.41. The van der Waals surface area contributed by atoms with E-state index in [2.05, 4.69) is 9.80 Å². The van der Waals surface area contributed by atoms with Crippen LogP contribution in [-0.2, 0) is 0 Å². The Balaban J connectivity index is 1.73. The summed E-state index contributed by atoms with van der Waals surface area (Å²) in [5.74, 6) is -0.252. The minimum atomic E-state index is -0.252. The van der Waals surface area contributed by atoms with Crippen molar-refractivity contribution < 1.29 is 4.39 Å². The van der Waals surface area contributed by atoms with Crippen molar-refractivity contribution in [3.8, 4) is 0 Å². The van der Waals surface area contributed by atoms with Crippen LogP contribution in [0.2, 0.25) is 5.02 Å². The second-order valence-electron chi connectivity index (χ2n) is 5.69. The zero-order valence-corrected chi connectivity index (χ0v) is 12.3. The quantitative estimate of drug-likeness (QED) is 0.925. The van der Waals surface area contributed by atoms with Crippen molar-refractivity contribution in [3.63, 3.8) is 0 Å². The monoisotopic (exact) mass is 297 g/mol. The number of benzene rings is 1. The van der Waals surface area contributed by atoms with Crippen molar-refractivity contribution in [2.24, 2.45) is 5.73 Å². The van der Waals surface area contributed by atoms with E-state index in [9.17, 15) is 4.39 Å². The lowest BCUT2D eigenvalue weighted by Gasteiger charge is -2.39. The summed E-state index contributed by atoms with van der Waals surface area (Å²) in [7, 11) is 0. The van der Waals surface area contributed by atoms with Gasteiger partial charge in [0, 0.05) is 49.4 Å². The van der Waals surface area contributed by atoms with Crippen LogP contribution in [0.5, 0.6) is 0 Å². The van der Waals surface area contributed by atoms with Crippen molar-refractivity contribution in [3.05, 3.63) is 34.6 Å². The molecule has 1 saturated carbocycles. The maximum Gasteiger partial charge on any atom is 0.129 e. The number of halogens is 2. The van der Waals surface area contributed by atoms with Gasteiger partial charge in [0.25, 0.3) is 0 Å². The molecular formula is C15H21ClFN3. The van der Waals surface area contributed by atoms with Crippen LogP contribution in [-0.4, -0.2) is 48.6 Å². The van der Waals surface area contributed by atoms with E-state index in [-0.39, 0.29) is 11.9 Å². The molecule has 2 N–H and O–H groups in total. The van der Waals surface area contributed by atoms with Crippen LogP contribution in [0.4, 0.5) is 4.39 Å². The normalized spacial score (nSPS) is 22.9. The highest BCUT2D eigenvalue weighted by molar-refractivity contribution is 6.31. The summed E-state index contributed by atoms with van der Waals surface area (Å²) in [5, 5.41) is 0.477. The molecule has 0 radical (unpaired) electrons. The average Bonchev–Trinajstić information content (AvgIpc) is 3.28. The lowest BCUT2D eigenvalue weighted by Crippen LogP contribution is -2.49. The molecule has 1 saturated heterocycles. The first kappa shape index (κ1) is 14.3. The second kappa shape index (κ2) is 5.98. The molecule has 1 aliphatic heterocycles. The molecule has 1 aromatic carbocycles. The van der Waals surface area contributed by atoms with E-state index < -0.39 is 0 Å². The Bertz CT molecular complexity index is 450. The van der Waals surface area contributed by atoms with Gasteiger partial charge in [0.1, 0.15) is 5.82 Å². The Hall–Kier alpha value is -0.680. The molecule has 1 unspecified atom stereocenters. The molecule has 20 heavy (non-hydrogen) atoms. The third kappa shape index (κ3) is 2.84. The van der Waals surface area contributed by atoms with E-state index in [0.29, 0.717) is 17.1 Å². The molecule has 110 valence electrons. The molecule has 3 nitrogen and oxygen atoms in total. The minimum Gasteiger partial charge on any atom is -0.329 e. The van der Waals surface area contributed by atoms with Gasteiger partial charge in [0.05, 0.1) is 6.04 Å². The molecule has 1 heterocycles. The number of hydrogen-bond donors (Lipinski definition) is 1. The van der Waals surface area contributed by atoms with Gasteiger partial charge >= 0.3 is 0 Å². The van der Waals surface area contributed by atoms with Gasteiger partial charge in [0.2, 0.25) is 0 Å². The molecular weight excluding hydrogens is 277 g/mol. The summed E-state index contributed by atoms with van der Waals surface area (Å²) in [5.41, 5.74) is 6.45. The van der Waals surface area contributed by atoms with Crippen molar-refractivity contribution in [1.29, 1.82) is 0 Å². The molecule has 2 fully saturated rings. The Morgan fingerprint density at radius 1 is 1.25 bits per heavy atom. The van der Waals surface area contributed by atoms with Gasteiger partial charge in [-0.3, -0.25) is 9.80 Å². The number of rotatable bonds is 4. The van der Waals surface area contributed by atoms with Crippen LogP contribution < -0.4 is 5.73 Å². The van der Waals surface area contributed by atoms with Gasteiger partial charge in [-0.05, 0) is 25.0 Å². The minimum absolute atomic E-state index is 0.120. The molecule has 2 aliphatic rings. The van der Waals surface area contributed by atoms with Crippen LogP contribution in [0, 0.1) is 5.82 Å². The van der Waals surface area contributed by atoms with Gasteiger partial charge < -0.3 is 5.73 Å². The molecule has 1 atom stereocenters. The molecule has 0 spiro atoms. The van der Waals surface area contributed by atoms with Gasteiger partial charge in [-0.2, -0.15) is 0 Å². The Kier molecular flexibility index (Phi) is 4.26. The molecule has 1 aromatic rings. The van der Waals surface area contributed by atoms with E-state index >= 15 is 0 Å². The zero-order chi connectivity index (χ0) is 14.1. The van der Waals surface area contributed by atoms with E-state index in [1.54, 1.807) is 12.1 Å². The predicted octanol–water partition coefficient (Wildman–Crippen LogP) is 2.26. The highest BCUT2D eigenvalue weighted by Crippen LogP contribution is 2.32. The Morgan fingerprint density at radius 2 is 1.95 bits per heavy atom. The first-order valence-electron chi connectivity index (χ1n) is 7.32. The average molecular weight is 298 g/mol. The predicted molar refractivity (Wildman–Crippen MR) is 79.4 cm³/mol. The summed E-state index contributed by atoms with van der Waals surface area (Å²) < 4.78 is 14.1. The fourth-order valence-electron chi connectivity index (χ4n) is 3.13. The lowest BCUT2D eigenvalue weighted by molar-refractivity contribution is 0.0925. The Morgan fingerprint density at radius 3 is 2.50 bits per heavy atom. The second-order valence-corrected chi connectivity index (χ2v) is 6.10. The summed E-state index contributed by atoms with van der Waals surface area (Å²) >= 11 is 6.18. The maximum atomic E-state index is 14.1. The van der Waals surface area contributed by atoms with E-state index in [0.717, 1.165) is 32.2 Å². The molecule has 1 aliphatic carbocycles. The Labute approximate surface area is 124 Å². The molecule has 0 aromatic heterocycles. The van der Waals surface area contributed by atoms with E-state index in [4.69, 9.17) is 17.3 Å². The van der Waals surface area contributed by atoms with Crippen molar-refractivity contribution in [1.82, 2.24) is 9.80 Å². The standard InChI is InChI=1S/C15H21ClFN3/c16-12-2-1-3-13(17)15(12)14(10-18)20-8-6-19(7-9-20)11-4-5-11/h1-3,11,14H,4-10,18H2. The van der Waals surface area contributed by atoms with Gasteiger partial charge in [-0.1, -0.05) is 17.7 Å². The van der Waals surface area contributed by atoms with Crippen LogP contribution in [0.3, 0.4) is 0 Å². The van der Waals surface area contributed by atoms with E-state index in [1.807, 2.05) is 0 Å². The lowest BCUT2D eigenvalue weighted by atomic mass is 10.0. The fourth-order valence-corrected chi connectivity index (χ4v) is 3.42. The highest BCUT2D eigenvalue weighted by Gasteiger charge is 2.33. The first-order chi connectivity index (χ1) is 9.70. The molecule has 0 amide bonds. The summed E-state index contributed by atoms with van der Waals surface area (Å²) in [6, 6.07) is 5.52. The molecule has 5 heteroatoms. The van der Waals surface area contributed by atoms with Crippen molar-refractivity contribution in [2.75, 3.05) is 32.7 Å². The van der Waals surface area contributed by atoms with Crippen LogP contribution in [0.1, 0.15) is 24.4 Å². The van der Waals surface area contributed by atoms with Gasteiger partial charge in [-0.15, -0.1) is 0 Å². The third-order valence-corrected chi connectivity index (χ3v) is 4.74. The highest BCUT2D eigenvalue weighted by atomic mass is 35.5. The molecule has 3 rings (SSSR count). The van der Waals surface area contributed by atoms with Gasteiger partial charge in [-0.25, -0.2) is 4.39 Å². The fraction of sp³-hybridized carbons (Fsp3) is 0.600. The van der Waals surface area contributed by atoms with Crippen LogP contribution >= 0.6 is 11.6 Å². The van der Waals surface area contributed by atoms with Gasteiger partial charge in [0.15, 0.2) is 0 Å². The summed E-state index contributed by atoms with van der Waals surface area (Å²) in [6.07, 6.45) is 2.67. The number of nitrogens with zero attached hydrogens (tertiary/aromatic N) is 2. The van der Waals surface area contributed by atoms with Crippen LogP contribution in [0.25, 0.3) is 0 Å². The maximum absolute atomic E-state index is 14.1. The number of piperazine rings is 1. The topological polar surface area (TPSA) is 32.5 Å². The van der Waals surface area contributed by atoms with Crippen molar-refractivity contribution in [2.45, 2.75) is 24.9 Å².